The van der Waals surface area contributed by atoms with E-state index in [1.165, 1.54) is 0 Å². The molecule has 0 saturated carbocycles. The molecule has 1 saturated heterocycles. The third kappa shape index (κ3) is 5.37. The van der Waals surface area contributed by atoms with Gasteiger partial charge in [0.15, 0.2) is 0 Å². The molecule has 0 radical (unpaired) electrons. The van der Waals surface area contributed by atoms with Gasteiger partial charge in [0.2, 0.25) is 0 Å². The maximum absolute atomic E-state index is 13.6. The smallest absolute Gasteiger partial charge is 0.550 e. The first-order valence-corrected chi connectivity index (χ1v) is 11.8. The van der Waals surface area contributed by atoms with E-state index in [2.05, 4.69) is 34.1 Å². The average Bonchev–Trinajstić information content (AvgIpc) is 2.90. The Labute approximate surface area is 222 Å². The van der Waals surface area contributed by atoms with E-state index in [0.717, 1.165) is 21.9 Å². The summed E-state index contributed by atoms with van der Waals surface area (Å²) in [5, 5.41) is 13.5. The van der Waals surface area contributed by atoms with Gasteiger partial charge in [-0.05, 0) is 16.5 Å². The first kappa shape index (κ1) is 25.7. The van der Waals surface area contributed by atoms with Gasteiger partial charge in [0.25, 0.3) is 5.91 Å². The maximum Gasteiger partial charge on any atom is 1.00 e. The van der Waals surface area contributed by atoms with E-state index >= 15 is 0 Å². The summed E-state index contributed by atoms with van der Waals surface area (Å²) in [7, 11) is 0. The molecule has 0 N–H and O–H groups in total. The summed E-state index contributed by atoms with van der Waals surface area (Å²) in [6, 6.07) is 27.3. The normalized spacial score (nSPS) is 16.0. The molecule has 2 heterocycles. The summed E-state index contributed by atoms with van der Waals surface area (Å²) in [5.41, 5.74) is 2.70. The van der Waals surface area contributed by atoms with Crippen LogP contribution in [0.4, 0.5) is 0 Å². The monoisotopic (exact) mass is 471 g/mol. The molecular formula is C29H26LiN3O3. The molecule has 0 aliphatic carbocycles. The van der Waals surface area contributed by atoms with Crippen LogP contribution in [0, 0.1) is 0 Å². The van der Waals surface area contributed by atoms with Crippen LogP contribution in [-0.4, -0.2) is 52.3 Å². The van der Waals surface area contributed by atoms with E-state index in [1.807, 2.05) is 60.7 Å². The summed E-state index contributed by atoms with van der Waals surface area (Å²) in [6.45, 7) is 1.32. The van der Waals surface area contributed by atoms with Crippen LogP contribution in [-0.2, 0) is 4.79 Å². The molecule has 1 aromatic heterocycles. The molecule has 4 aromatic rings. The number of carboxylic acids is 1. The number of pyridine rings is 1. The molecule has 36 heavy (non-hydrogen) atoms. The molecule has 1 aliphatic rings. The van der Waals surface area contributed by atoms with Crippen LogP contribution < -0.4 is 24.0 Å². The number of carbonyl (C=O) groups is 2. The number of benzene rings is 3. The van der Waals surface area contributed by atoms with Crippen LogP contribution >= 0.6 is 0 Å². The number of aliphatic carboxylic acids is 1. The fourth-order valence-electron chi connectivity index (χ4n) is 5.07. The minimum atomic E-state index is -1.12. The first-order valence-electron chi connectivity index (χ1n) is 11.8. The Morgan fingerprint density at radius 2 is 1.47 bits per heavy atom. The fourth-order valence-corrected chi connectivity index (χ4v) is 5.07. The van der Waals surface area contributed by atoms with Gasteiger partial charge in [-0.15, -0.1) is 0 Å². The van der Waals surface area contributed by atoms with Crippen molar-refractivity contribution in [2.45, 2.75) is 18.5 Å². The van der Waals surface area contributed by atoms with Crippen molar-refractivity contribution in [3.05, 3.63) is 114 Å². The number of nitrogens with zero attached hydrogens (tertiary/aromatic N) is 3. The van der Waals surface area contributed by atoms with Gasteiger partial charge < -0.3 is 14.8 Å². The summed E-state index contributed by atoms with van der Waals surface area (Å²) >= 11 is 0. The van der Waals surface area contributed by atoms with Crippen LogP contribution in [0.1, 0.15) is 33.9 Å². The summed E-state index contributed by atoms with van der Waals surface area (Å²) in [4.78, 5) is 33.6. The van der Waals surface area contributed by atoms with E-state index in [0.29, 0.717) is 25.2 Å². The molecule has 6 nitrogen and oxygen atoms in total. The van der Waals surface area contributed by atoms with E-state index in [9.17, 15) is 14.7 Å². The quantitative estimate of drug-likeness (QED) is 0.378. The Morgan fingerprint density at radius 1 is 0.861 bits per heavy atom. The topological polar surface area (TPSA) is 76.6 Å². The molecule has 5 rings (SSSR count). The molecule has 1 atom stereocenters. The van der Waals surface area contributed by atoms with Crippen molar-refractivity contribution in [1.29, 1.82) is 0 Å². The zero-order valence-electron chi connectivity index (χ0n) is 20.3. The molecule has 1 aliphatic heterocycles. The second kappa shape index (κ2) is 11.5. The number of aromatic nitrogens is 1. The SMILES string of the molecule is O=C([O-])CC1CN(C(=O)c2cncc3ccccc23)CCN1C(c1ccccc1)c1ccccc1.[Li+]. The van der Waals surface area contributed by atoms with Crippen molar-refractivity contribution >= 4 is 22.6 Å². The largest absolute Gasteiger partial charge is 1.00 e. The van der Waals surface area contributed by atoms with Crippen molar-refractivity contribution in [3.63, 3.8) is 0 Å². The second-order valence-electron chi connectivity index (χ2n) is 8.85. The Hall–Kier alpha value is -3.43. The van der Waals surface area contributed by atoms with E-state index < -0.39 is 12.0 Å². The third-order valence-corrected chi connectivity index (χ3v) is 6.68. The summed E-state index contributed by atoms with van der Waals surface area (Å²) in [5.74, 6) is -1.26. The van der Waals surface area contributed by atoms with Crippen LogP contribution in [0.3, 0.4) is 0 Å². The first-order chi connectivity index (χ1) is 17.1. The number of hydrogen-bond donors (Lipinski definition) is 0. The molecule has 1 amide bonds. The zero-order chi connectivity index (χ0) is 24.2. The number of rotatable bonds is 6. The fraction of sp³-hybridized carbons (Fsp3) is 0.207. The zero-order valence-corrected chi connectivity index (χ0v) is 20.3. The predicted molar refractivity (Wildman–Crippen MR) is 132 cm³/mol. The molecule has 3 aromatic carbocycles. The molecule has 1 fully saturated rings. The van der Waals surface area contributed by atoms with E-state index in [-0.39, 0.29) is 37.2 Å². The maximum atomic E-state index is 13.6. The van der Waals surface area contributed by atoms with Crippen LogP contribution in [0.25, 0.3) is 10.8 Å². The number of amides is 1. The van der Waals surface area contributed by atoms with Crippen molar-refractivity contribution in [2.75, 3.05) is 19.6 Å². The van der Waals surface area contributed by atoms with Crippen LogP contribution in [0.15, 0.2) is 97.3 Å². The Morgan fingerprint density at radius 3 is 2.11 bits per heavy atom. The number of piperazine rings is 1. The Kier molecular flexibility index (Phi) is 8.22. The minimum absolute atomic E-state index is 0. The summed E-state index contributed by atoms with van der Waals surface area (Å²) in [6.07, 6.45) is 3.18. The second-order valence-corrected chi connectivity index (χ2v) is 8.85. The average molecular weight is 471 g/mol. The van der Waals surface area contributed by atoms with Gasteiger partial charge in [0.1, 0.15) is 0 Å². The van der Waals surface area contributed by atoms with Gasteiger partial charge in [0, 0.05) is 55.8 Å². The Bertz CT molecular complexity index is 1290. The number of carbonyl (C=O) groups excluding carboxylic acids is 2. The molecule has 0 spiro atoms. The Balaban J connectivity index is 0.00000304. The molecule has 7 heteroatoms. The van der Waals surface area contributed by atoms with Gasteiger partial charge in [0.05, 0.1) is 11.6 Å². The molecular weight excluding hydrogens is 445 g/mol. The summed E-state index contributed by atoms with van der Waals surface area (Å²) < 4.78 is 0. The molecule has 176 valence electrons. The number of hydrogen-bond acceptors (Lipinski definition) is 5. The number of carboxylic acid groups (broad SMARTS) is 1. The molecule has 0 bridgehead atoms. The van der Waals surface area contributed by atoms with Crippen molar-refractivity contribution < 1.29 is 33.6 Å². The van der Waals surface area contributed by atoms with Gasteiger partial charge in [-0.3, -0.25) is 14.7 Å². The molecule has 1 unspecified atom stereocenters. The third-order valence-electron chi connectivity index (χ3n) is 6.68. The van der Waals surface area contributed by atoms with Gasteiger partial charge in [-0.1, -0.05) is 84.9 Å². The van der Waals surface area contributed by atoms with Gasteiger partial charge >= 0.3 is 18.9 Å². The minimum Gasteiger partial charge on any atom is -0.550 e. The van der Waals surface area contributed by atoms with E-state index in [4.69, 9.17) is 0 Å². The number of fused-ring (bicyclic) bond motifs is 1. The van der Waals surface area contributed by atoms with Gasteiger partial charge in [-0.2, -0.15) is 0 Å². The van der Waals surface area contributed by atoms with Gasteiger partial charge in [-0.25, -0.2) is 0 Å². The standard InChI is InChI=1S/C29H27N3O3.Li/c33-27(34)17-24-20-31(29(35)26-19-30-18-23-13-7-8-14-25(23)26)15-16-32(24)28(21-9-3-1-4-10-21)22-11-5-2-6-12-22;/h1-14,18-19,24,28H,15-17,20H2,(H,33,34);/q;+1/p-1. The van der Waals surface area contributed by atoms with Crippen molar-refractivity contribution in [1.82, 2.24) is 14.8 Å². The van der Waals surface area contributed by atoms with Crippen LogP contribution in [0.2, 0.25) is 0 Å². The van der Waals surface area contributed by atoms with E-state index in [1.54, 1.807) is 17.3 Å². The van der Waals surface area contributed by atoms with Crippen molar-refractivity contribution in [3.8, 4) is 0 Å². The van der Waals surface area contributed by atoms with Crippen molar-refractivity contribution in [2.24, 2.45) is 0 Å². The predicted octanol–water partition coefficient (Wildman–Crippen LogP) is 0.295. The van der Waals surface area contributed by atoms with Crippen LogP contribution in [0.5, 0.6) is 0 Å².